The highest BCUT2D eigenvalue weighted by atomic mass is 19.1. The van der Waals surface area contributed by atoms with Gasteiger partial charge in [-0.25, -0.2) is 8.78 Å². The average molecular weight is 263 g/mol. The maximum Gasteiger partial charge on any atom is 0.165 e. The van der Waals surface area contributed by atoms with Gasteiger partial charge in [-0.15, -0.1) is 0 Å². The number of halogens is 2. The summed E-state index contributed by atoms with van der Waals surface area (Å²) in [5.74, 6) is -1.28. The highest BCUT2D eigenvalue weighted by Gasteiger charge is 2.09. The maximum atomic E-state index is 13.2. The van der Waals surface area contributed by atoms with Gasteiger partial charge in [0.25, 0.3) is 0 Å². The zero-order valence-electron chi connectivity index (χ0n) is 10.5. The normalized spacial score (nSPS) is 12.4. The molecule has 0 fully saturated rings. The Balaban J connectivity index is 2.04. The number of para-hydroxylation sites is 1. The van der Waals surface area contributed by atoms with Crippen LogP contribution in [-0.4, -0.2) is 5.11 Å². The molecule has 0 saturated carbocycles. The first-order valence-electron chi connectivity index (χ1n) is 6.03. The fraction of sp³-hybridized carbons (Fsp3) is 0.200. The van der Waals surface area contributed by atoms with Crippen LogP contribution in [0.2, 0.25) is 0 Å². The molecule has 4 heteroatoms. The first kappa shape index (κ1) is 13.5. The highest BCUT2D eigenvalue weighted by Crippen LogP contribution is 2.21. The Morgan fingerprint density at radius 3 is 2.63 bits per heavy atom. The molecular formula is C15H15F2NO. The molecule has 0 aliphatic carbocycles. The Morgan fingerprint density at radius 2 is 1.89 bits per heavy atom. The fourth-order valence-corrected chi connectivity index (χ4v) is 1.86. The lowest BCUT2D eigenvalue weighted by molar-refractivity contribution is 0.420. The Hall–Kier alpha value is -1.94. The summed E-state index contributed by atoms with van der Waals surface area (Å²) in [4.78, 5) is 0. The molecule has 0 aliphatic heterocycles. The van der Waals surface area contributed by atoms with Crippen LogP contribution >= 0.6 is 0 Å². The number of benzene rings is 2. The lowest BCUT2D eigenvalue weighted by atomic mass is 10.1. The van der Waals surface area contributed by atoms with Crippen LogP contribution in [0.15, 0.2) is 42.5 Å². The van der Waals surface area contributed by atoms with Gasteiger partial charge >= 0.3 is 0 Å². The highest BCUT2D eigenvalue weighted by molar-refractivity contribution is 5.33. The number of aromatic hydroxyl groups is 1. The van der Waals surface area contributed by atoms with E-state index in [0.717, 1.165) is 5.56 Å². The molecule has 2 N–H and O–H groups in total. The summed E-state index contributed by atoms with van der Waals surface area (Å²) in [7, 11) is 0. The second kappa shape index (κ2) is 5.80. The van der Waals surface area contributed by atoms with Crippen molar-refractivity contribution in [2.45, 2.75) is 19.5 Å². The van der Waals surface area contributed by atoms with Crippen LogP contribution in [0.3, 0.4) is 0 Å². The molecule has 2 rings (SSSR count). The summed E-state index contributed by atoms with van der Waals surface area (Å²) in [5.41, 5.74) is 1.28. The summed E-state index contributed by atoms with van der Waals surface area (Å²) in [6.07, 6.45) is 0. The second-order valence-electron chi connectivity index (χ2n) is 4.41. The Morgan fingerprint density at radius 1 is 1.16 bits per heavy atom. The van der Waals surface area contributed by atoms with E-state index in [0.29, 0.717) is 12.1 Å². The van der Waals surface area contributed by atoms with Crippen molar-refractivity contribution in [3.05, 3.63) is 65.2 Å². The SMILES string of the molecule is CC(NCc1cccc(F)c1O)c1cccc(F)c1. The molecule has 0 saturated heterocycles. The average Bonchev–Trinajstić information content (AvgIpc) is 2.40. The predicted octanol–water partition coefficient (Wildman–Crippen LogP) is 3.52. The van der Waals surface area contributed by atoms with Crippen LogP contribution in [-0.2, 0) is 6.54 Å². The zero-order chi connectivity index (χ0) is 13.8. The molecule has 2 aromatic rings. The predicted molar refractivity (Wildman–Crippen MR) is 69.7 cm³/mol. The molecule has 0 spiro atoms. The monoisotopic (exact) mass is 263 g/mol. The van der Waals surface area contributed by atoms with Crippen molar-refractivity contribution in [3.8, 4) is 5.75 Å². The van der Waals surface area contributed by atoms with E-state index in [2.05, 4.69) is 5.32 Å². The van der Waals surface area contributed by atoms with Gasteiger partial charge in [0.2, 0.25) is 0 Å². The summed E-state index contributed by atoms with van der Waals surface area (Å²) >= 11 is 0. The summed E-state index contributed by atoms with van der Waals surface area (Å²) in [5, 5.41) is 12.7. The maximum absolute atomic E-state index is 13.2. The smallest absolute Gasteiger partial charge is 0.165 e. The zero-order valence-corrected chi connectivity index (χ0v) is 10.5. The minimum absolute atomic E-state index is 0.0987. The minimum Gasteiger partial charge on any atom is -0.505 e. The molecule has 0 bridgehead atoms. The summed E-state index contributed by atoms with van der Waals surface area (Å²) in [6, 6.07) is 10.6. The molecular weight excluding hydrogens is 248 g/mol. The van der Waals surface area contributed by atoms with Crippen molar-refractivity contribution < 1.29 is 13.9 Å². The number of hydrogen-bond acceptors (Lipinski definition) is 2. The molecule has 19 heavy (non-hydrogen) atoms. The number of hydrogen-bond donors (Lipinski definition) is 2. The van der Waals surface area contributed by atoms with Gasteiger partial charge in [-0.2, -0.15) is 0 Å². The molecule has 2 aromatic carbocycles. The van der Waals surface area contributed by atoms with Crippen molar-refractivity contribution in [1.82, 2.24) is 5.32 Å². The van der Waals surface area contributed by atoms with E-state index in [-0.39, 0.29) is 17.6 Å². The second-order valence-corrected chi connectivity index (χ2v) is 4.41. The molecule has 100 valence electrons. The third-order valence-corrected chi connectivity index (χ3v) is 3.02. The fourth-order valence-electron chi connectivity index (χ4n) is 1.86. The van der Waals surface area contributed by atoms with E-state index in [1.165, 1.54) is 18.2 Å². The number of phenolic OH excluding ortho intramolecular Hbond substituents is 1. The van der Waals surface area contributed by atoms with Crippen molar-refractivity contribution in [2.24, 2.45) is 0 Å². The largest absolute Gasteiger partial charge is 0.505 e. The van der Waals surface area contributed by atoms with Gasteiger partial charge in [0.1, 0.15) is 5.82 Å². The molecule has 2 nitrogen and oxygen atoms in total. The van der Waals surface area contributed by atoms with E-state index < -0.39 is 5.82 Å². The van der Waals surface area contributed by atoms with Gasteiger partial charge in [-0.3, -0.25) is 0 Å². The lowest BCUT2D eigenvalue weighted by Crippen LogP contribution is -2.18. The third kappa shape index (κ3) is 3.29. The van der Waals surface area contributed by atoms with E-state index >= 15 is 0 Å². The van der Waals surface area contributed by atoms with Crippen LogP contribution < -0.4 is 5.32 Å². The van der Waals surface area contributed by atoms with E-state index in [1.807, 2.05) is 13.0 Å². The van der Waals surface area contributed by atoms with Gasteiger partial charge in [0.15, 0.2) is 11.6 Å². The van der Waals surface area contributed by atoms with E-state index in [4.69, 9.17) is 0 Å². The van der Waals surface area contributed by atoms with Crippen LogP contribution in [0.25, 0.3) is 0 Å². The van der Waals surface area contributed by atoms with Crippen LogP contribution in [0.5, 0.6) is 5.75 Å². The Bertz CT molecular complexity index is 572. The Kier molecular flexibility index (Phi) is 4.12. The molecule has 0 aromatic heterocycles. The number of nitrogens with one attached hydrogen (secondary N) is 1. The quantitative estimate of drug-likeness (QED) is 0.884. The molecule has 0 amide bonds. The first-order valence-corrected chi connectivity index (χ1v) is 6.03. The van der Waals surface area contributed by atoms with Crippen LogP contribution in [0.1, 0.15) is 24.1 Å². The van der Waals surface area contributed by atoms with Gasteiger partial charge in [0, 0.05) is 18.2 Å². The molecule has 0 radical (unpaired) electrons. The summed E-state index contributed by atoms with van der Waals surface area (Å²) < 4.78 is 26.2. The van der Waals surface area contributed by atoms with Gasteiger partial charge in [-0.1, -0.05) is 24.3 Å². The lowest BCUT2D eigenvalue weighted by Gasteiger charge is -2.15. The number of rotatable bonds is 4. The van der Waals surface area contributed by atoms with Gasteiger partial charge in [-0.05, 0) is 30.7 Å². The Labute approximate surface area is 110 Å². The molecule has 1 atom stereocenters. The standard InChI is InChI=1S/C15H15F2NO/c1-10(11-4-2-6-13(16)8-11)18-9-12-5-3-7-14(17)15(12)19/h2-8,10,18-19H,9H2,1H3. The minimum atomic E-state index is -0.641. The van der Waals surface area contributed by atoms with E-state index in [9.17, 15) is 13.9 Å². The molecule has 0 aliphatic rings. The van der Waals surface area contributed by atoms with Crippen molar-refractivity contribution >= 4 is 0 Å². The van der Waals surface area contributed by atoms with Crippen molar-refractivity contribution in [3.63, 3.8) is 0 Å². The van der Waals surface area contributed by atoms with Crippen LogP contribution in [0, 0.1) is 11.6 Å². The van der Waals surface area contributed by atoms with Crippen molar-refractivity contribution in [1.29, 1.82) is 0 Å². The van der Waals surface area contributed by atoms with Gasteiger partial charge < -0.3 is 10.4 Å². The topological polar surface area (TPSA) is 32.3 Å². The molecule has 1 unspecified atom stereocenters. The summed E-state index contributed by atoms with van der Waals surface area (Å²) in [6.45, 7) is 2.19. The molecule has 0 heterocycles. The van der Waals surface area contributed by atoms with Crippen molar-refractivity contribution in [2.75, 3.05) is 0 Å². The first-order chi connectivity index (χ1) is 9.08. The third-order valence-electron chi connectivity index (χ3n) is 3.02. The van der Waals surface area contributed by atoms with Gasteiger partial charge in [0.05, 0.1) is 0 Å². The van der Waals surface area contributed by atoms with E-state index in [1.54, 1.807) is 18.2 Å². The van der Waals surface area contributed by atoms with Crippen LogP contribution in [0.4, 0.5) is 8.78 Å². The number of phenols is 1.